The van der Waals surface area contributed by atoms with E-state index in [1.54, 1.807) is 30.9 Å². The van der Waals surface area contributed by atoms with Gasteiger partial charge in [0, 0.05) is 34.2 Å². The third kappa shape index (κ3) is 11.2. The second kappa shape index (κ2) is 20.2. The molecule has 0 saturated carbocycles. The van der Waals surface area contributed by atoms with Crippen molar-refractivity contribution in [2.24, 2.45) is 17.8 Å². The van der Waals surface area contributed by atoms with Gasteiger partial charge in [0.25, 0.3) is 0 Å². The number of nitrogens with one attached hydrogen (secondary N) is 3. The van der Waals surface area contributed by atoms with E-state index in [2.05, 4.69) is 16.0 Å². The molecule has 2 aliphatic heterocycles. The molecule has 9 atom stereocenters. The summed E-state index contributed by atoms with van der Waals surface area (Å²) in [4.78, 5) is 70.8. The number of carboxylic acid groups (broad SMARTS) is 1. The van der Waals surface area contributed by atoms with Gasteiger partial charge in [0.15, 0.2) is 0 Å². The van der Waals surface area contributed by atoms with Crippen LogP contribution in [-0.2, 0) is 39.9 Å². The molecule has 13 nitrogen and oxygen atoms in total. The Kier molecular flexibility index (Phi) is 16.7. The number of rotatable bonds is 19. The Labute approximate surface area is 316 Å². The van der Waals surface area contributed by atoms with Crippen LogP contribution in [0.5, 0.6) is 0 Å². The average Bonchev–Trinajstić information content (AvgIpc) is 3.63. The molecule has 2 fully saturated rings. The summed E-state index contributed by atoms with van der Waals surface area (Å²) in [6.07, 6.45) is 3.49. The highest BCUT2D eigenvalue weighted by Crippen LogP contribution is 2.30. The SMILES string of the molecule is CC[C@H](C)[C@@H]([C@@H](CC(=O)N1CCC[C@H]1[C@H](OC)[C@@H](C)C(=O)N[C@@H](Cc1ccccc1)C(=O)O)OC)N(C)C(=O)[C@@H](NC(=O)[C@]1(C)CCCCN1)C(C)C. The van der Waals surface area contributed by atoms with Gasteiger partial charge in [-0.2, -0.15) is 0 Å². The zero-order valence-electron chi connectivity index (χ0n) is 33.4. The largest absolute Gasteiger partial charge is 0.480 e. The summed E-state index contributed by atoms with van der Waals surface area (Å²) in [6, 6.07) is 6.34. The number of benzene rings is 1. The molecule has 2 heterocycles. The van der Waals surface area contributed by atoms with E-state index in [9.17, 15) is 29.1 Å². The summed E-state index contributed by atoms with van der Waals surface area (Å²) in [7, 11) is 4.77. The third-order valence-corrected chi connectivity index (χ3v) is 11.5. The number of ether oxygens (including phenoxy) is 2. The standard InChI is InChI=1S/C40H65N5O8/c1-10-26(4)34(44(7)37(48)33(25(2)3)43-39(51)40(6)20-14-15-21-41-40)31(52-8)24-32(46)45-22-16-19-30(45)35(53-9)27(5)36(47)42-29(38(49)50)23-28-17-12-11-13-18-28/h11-13,17-18,25-27,29-31,33-35,41H,10,14-16,19-24H2,1-9H3,(H,42,47)(H,43,51)(H,49,50)/t26-,27+,29-,30-,31+,33-,34-,35+,40-/m0/s1. The lowest BCUT2D eigenvalue weighted by Gasteiger charge is -2.41. The molecular formula is C40H65N5O8. The molecule has 13 heteroatoms. The Balaban J connectivity index is 1.76. The highest BCUT2D eigenvalue weighted by Gasteiger charge is 2.44. The summed E-state index contributed by atoms with van der Waals surface area (Å²) < 4.78 is 11.9. The smallest absolute Gasteiger partial charge is 0.326 e. The van der Waals surface area contributed by atoms with E-state index < -0.39 is 59.7 Å². The summed E-state index contributed by atoms with van der Waals surface area (Å²) in [6.45, 7) is 12.7. The van der Waals surface area contributed by atoms with Crippen molar-refractivity contribution in [1.29, 1.82) is 0 Å². The molecule has 2 aliphatic rings. The van der Waals surface area contributed by atoms with Crippen LogP contribution in [0.15, 0.2) is 30.3 Å². The minimum atomic E-state index is -1.14. The van der Waals surface area contributed by atoms with Gasteiger partial charge >= 0.3 is 5.97 Å². The molecule has 0 aromatic heterocycles. The number of amides is 4. The summed E-state index contributed by atoms with van der Waals surface area (Å²) in [5.41, 5.74) is 0.0435. The first-order chi connectivity index (χ1) is 25.1. The van der Waals surface area contributed by atoms with Gasteiger partial charge in [0.05, 0.1) is 42.2 Å². The van der Waals surface area contributed by atoms with Crippen LogP contribution >= 0.6 is 0 Å². The van der Waals surface area contributed by atoms with Crippen molar-refractivity contribution in [2.75, 3.05) is 34.4 Å². The minimum Gasteiger partial charge on any atom is -0.480 e. The molecule has 3 rings (SSSR count). The molecule has 1 aromatic rings. The van der Waals surface area contributed by atoms with Gasteiger partial charge in [0.2, 0.25) is 23.6 Å². The fraction of sp³-hybridized carbons (Fsp3) is 0.725. The maximum absolute atomic E-state index is 14.2. The van der Waals surface area contributed by atoms with Crippen LogP contribution in [0.4, 0.5) is 0 Å². The number of carboxylic acids is 1. The summed E-state index contributed by atoms with van der Waals surface area (Å²) >= 11 is 0. The number of nitrogens with zero attached hydrogens (tertiary/aromatic N) is 2. The first-order valence-corrected chi connectivity index (χ1v) is 19.3. The molecule has 0 bridgehead atoms. The van der Waals surface area contributed by atoms with Crippen molar-refractivity contribution in [3.63, 3.8) is 0 Å². The normalized spacial score (nSPS) is 22.9. The number of aliphatic carboxylic acids is 1. The Morgan fingerprint density at radius 3 is 2.25 bits per heavy atom. The van der Waals surface area contributed by atoms with Crippen LogP contribution in [0.25, 0.3) is 0 Å². The third-order valence-electron chi connectivity index (χ3n) is 11.5. The van der Waals surface area contributed by atoms with E-state index >= 15 is 0 Å². The molecule has 0 unspecified atom stereocenters. The van der Waals surface area contributed by atoms with Gasteiger partial charge in [-0.25, -0.2) is 4.79 Å². The van der Waals surface area contributed by atoms with E-state index in [0.29, 0.717) is 25.8 Å². The van der Waals surface area contributed by atoms with E-state index in [4.69, 9.17) is 9.47 Å². The minimum absolute atomic E-state index is 0.00447. The van der Waals surface area contributed by atoms with Crippen molar-refractivity contribution >= 4 is 29.6 Å². The van der Waals surface area contributed by atoms with Gasteiger partial charge in [-0.05, 0) is 63.0 Å². The maximum Gasteiger partial charge on any atom is 0.326 e. The van der Waals surface area contributed by atoms with E-state index in [0.717, 1.165) is 31.4 Å². The highest BCUT2D eigenvalue weighted by molar-refractivity contribution is 5.92. The fourth-order valence-corrected chi connectivity index (χ4v) is 7.94. The Morgan fingerprint density at radius 1 is 1.02 bits per heavy atom. The second-order valence-corrected chi connectivity index (χ2v) is 15.6. The van der Waals surface area contributed by atoms with Crippen LogP contribution in [0.3, 0.4) is 0 Å². The number of hydrogen-bond acceptors (Lipinski definition) is 8. The van der Waals surface area contributed by atoms with Gasteiger partial charge in [-0.1, -0.05) is 71.4 Å². The molecule has 4 amide bonds. The summed E-state index contributed by atoms with van der Waals surface area (Å²) in [5, 5.41) is 18.9. The lowest BCUT2D eigenvalue weighted by molar-refractivity contribution is -0.148. The first kappa shape index (κ1) is 43.9. The predicted molar refractivity (Wildman–Crippen MR) is 203 cm³/mol. The number of methoxy groups -OCH3 is 2. The van der Waals surface area contributed by atoms with Crippen LogP contribution in [0.2, 0.25) is 0 Å². The Morgan fingerprint density at radius 2 is 1.70 bits per heavy atom. The van der Waals surface area contributed by atoms with E-state index in [1.807, 2.05) is 65.0 Å². The van der Waals surface area contributed by atoms with Crippen LogP contribution in [-0.4, -0.2) is 121 Å². The molecule has 0 radical (unpaired) electrons. The molecule has 2 saturated heterocycles. The number of hydrogen-bond donors (Lipinski definition) is 4. The van der Waals surface area contributed by atoms with Crippen LogP contribution in [0, 0.1) is 17.8 Å². The molecule has 298 valence electrons. The van der Waals surface area contributed by atoms with Crippen molar-refractivity contribution in [3.8, 4) is 0 Å². The molecule has 4 N–H and O–H groups in total. The number of carbonyl (C=O) groups is 5. The van der Waals surface area contributed by atoms with Crippen molar-refractivity contribution in [2.45, 2.75) is 135 Å². The van der Waals surface area contributed by atoms with Gasteiger partial charge in [0.1, 0.15) is 12.1 Å². The monoisotopic (exact) mass is 743 g/mol. The van der Waals surface area contributed by atoms with Gasteiger partial charge < -0.3 is 40.3 Å². The van der Waals surface area contributed by atoms with Gasteiger partial charge in [-0.3, -0.25) is 19.2 Å². The zero-order chi connectivity index (χ0) is 39.5. The Bertz CT molecular complexity index is 1370. The van der Waals surface area contributed by atoms with E-state index in [-0.39, 0.29) is 42.4 Å². The van der Waals surface area contributed by atoms with Crippen LogP contribution < -0.4 is 16.0 Å². The highest BCUT2D eigenvalue weighted by atomic mass is 16.5. The number of likely N-dealkylation sites (N-methyl/N-ethyl adjacent to an activating group) is 1. The molecule has 0 aliphatic carbocycles. The lowest BCUT2D eigenvalue weighted by atomic mass is 9.88. The topological polar surface area (TPSA) is 167 Å². The van der Waals surface area contributed by atoms with Crippen LogP contribution in [0.1, 0.15) is 92.1 Å². The number of carbonyl (C=O) groups excluding carboxylic acids is 4. The molecule has 0 spiro atoms. The fourth-order valence-electron chi connectivity index (χ4n) is 7.94. The molecule has 53 heavy (non-hydrogen) atoms. The predicted octanol–water partition coefficient (Wildman–Crippen LogP) is 3.39. The Hall–Kier alpha value is -3.55. The number of likely N-dealkylation sites (tertiary alicyclic amines) is 1. The number of piperidine rings is 1. The second-order valence-electron chi connectivity index (χ2n) is 15.6. The maximum atomic E-state index is 14.2. The molecule has 1 aromatic carbocycles. The quantitative estimate of drug-likeness (QED) is 0.166. The summed E-state index contributed by atoms with van der Waals surface area (Å²) in [5.74, 6) is -3.18. The average molecular weight is 744 g/mol. The van der Waals surface area contributed by atoms with Gasteiger partial charge in [-0.15, -0.1) is 0 Å². The zero-order valence-corrected chi connectivity index (χ0v) is 33.4. The molecular weight excluding hydrogens is 678 g/mol. The van der Waals surface area contributed by atoms with Crippen molar-refractivity contribution in [3.05, 3.63) is 35.9 Å². The van der Waals surface area contributed by atoms with Crippen molar-refractivity contribution < 1.29 is 38.6 Å². The lowest BCUT2D eigenvalue weighted by Crippen LogP contribution is -2.63. The van der Waals surface area contributed by atoms with Crippen molar-refractivity contribution in [1.82, 2.24) is 25.8 Å². The van der Waals surface area contributed by atoms with E-state index in [1.165, 1.54) is 7.11 Å². The first-order valence-electron chi connectivity index (χ1n) is 19.3.